The van der Waals surface area contributed by atoms with Crippen LogP contribution < -0.4 is 15.8 Å². The topological polar surface area (TPSA) is 67.6 Å². The number of para-hydroxylation sites is 1. The molecule has 1 aliphatic heterocycles. The Morgan fingerprint density at radius 3 is 2.58 bits per heavy atom. The lowest BCUT2D eigenvalue weighted by molar-refractivity contribution is 0.143. The number of carbonyl (C=O) groups is 1. The molecule has 1 fully saturated rings. The Morgan fingerprint density at radius 2 is 2.00 bits per heavy atom. The monoisotopic (exact) mass is 263 g/mol. The van der Waals surface area contributed by atoms with E-state index in [1.54, 1.807) is 12.1 Å². The number of nitrogens with two attached hydrogens (primary N) is 1. The molecule has 0 aliphatic carbocycles. The SMILES string of the molecule is CN1CCC(CN)(NC(=O)Oc2ccccc2)CC1. The van der Waals surface area contributed by atoms with E-state index < -0.39 is 6.09 Å². The number of hydrogen-bond acceptors (Lipinski definition) is 4. The number of amides is 1. The molecule has 0 saturated carbocycles. The van der Waals surface area contributed by atoms with E-state index in [1.165, 1.54) is 0 Å². The molecule has 0 atom stereocenters. The van der Waals surface area contributed by atoms with E-state index in [9.17, 15) is 4.79 Å². The summed E-state index contributed by atoms with van der Waals surface area (Å²) in [5.41, 5.74) is 5.50. The maximum absolute atomic E-state index is 11.9. The number of ether oxygens (including phenoxy) is 1. The second-order valence-corrected chi connectivity index (χ2v) is 5.12. The third kappa shape index (κ3) is 3.68. The third-order valence-corrected chi connectivity index (χ3v) is 3.66. The number of rotatable bonds is 3. The summed E-state index contributed by atoms with van der Waals surface area (Å²) in [4.78, 5) is 14.2. The van der Waals surface area contributed by atoms with E-state index in [0.717, 1.165) is 25.9 Å². The second kappa shape index (κ2) is 6.04. The van der Waals surface area contributed by atoms with Crippen molar-refractivity contribution in [3.8, 4) is 5.75 Å². The van der Waals surface area contributed by atoms with Gasteiger partial charge in [0, 0.05) is 19.6 Å². The van der Waals surface area contributed by atoms with Gasteiger partial charge in [-0.2, -0.15) is 0 Å². The van der Waals surface area contributed by atoms with Crippen molar-refractivity contribution < 1.29 is 9.53 Å². The van der Waals surface area contributed by atoms with Gasteiger partial charge in [-0.1, -0.05) is 18.2 Å². The van der Waals surface area contributed by atoms with Crippen LogP contribution in [0.25, 0.3) is 0 Å². The summed E-state index contributed by atoms with van der Waals surface area (Å²) in [5, 5.41) is 2.94. The maximum Gasteiger partial charge on any atom is 0.413 e. The second-order valence-electron chi connectivity index (χ2n) is 5.12. The van der Waals surface area contributed by atoms with E-state index in [4.69, 9.17) is 10.5 Å². The molecule has 1 aliphatic rings. The van der Waals surface area contributed by atoms with Crippen molar-refractivity contribution in [3.05, 3.63) is 30.3 Å². The molecule has 1 aromatic rings. The van der Waals surface area contributed by atoms with Crippen molar-refractivity contribution in [2.24, 2.45) is 5.73 Å². The molecule has 0 bridgehead atoms. The number of piperidine rings is 1. The highest BCUT2D eigenvalue weighted by molar-refractivity contribution is 5.71. The molecule has 1 amide bonds. The molecule has 0 spiro atoms. The summed E-state index contributed by atoms with van der Waals surface area (Å²) in [6.45, 7) is 2.30. The van der Waals surface area contributed by atoms with Gasteiger partial charge in [-0.25, -0.2) is 4.79 Å². The van der Waals surface area contributed by atoms with Crippen molar-refractivity contribution >= 4 is 6.09 Å². The molecule has 1 heterocycles. The van der Waals surface area contributed by atoms with Gasteiger partial charge in [-0.05, 0) is 32.0 Å². The first-order valence-electron chi connectivity index (χ1n) is 6.57. The van der Waals surface area contributed by atoms with E-state index in [2.05, 4.69) is 17.3 Å². The Bertz CT molecular complexity index is 414. The minimum atomic E-state index is -0.429. The first-order chi connectivity index (χ1) is 9.13. The van der Waals surface area contributed by atoms with Crippen LogP contribution >= 0.6 is 0 Å². The van der Waals surface area contributed by atoms with Gasteiger partial charge >= 0.3 is 6.09 Å². The van der Waals surface area contributed by atoms with Crippen LogP contribution in [0.1, 0.15) is 12.8 Å². The number of likely N-dealkylation sites (tertiary alicyclic amines) is 1. The standard InChI is InChI=1S/C14H21N3O2/c1-17-9-7-14(11-15,8-10-17)16-13(18)19-12-5-3-2-4-6-12/h2-6H,7-11,15H2,1H3,(H,16,18). The van der Waals surface area contributed by atoms with Crippen molar-refractivity contribution in [3.63, 3.8) is 0 Å². The van der Waals surface area contributed by atoms with Gasteiger partial charge < -0.3 is 20.7 Å². The first-order valence-corrected chi connectivity index (χ1v) is 6.57. The summed E-state index contributed by atoms with van der Waals surface area (Å²) < 4.78 is 5.25. The number of benzene rings is 1. The smallest absolute Gasteiger partial charge is 0.410 e. The predicted molar refractivity (Wildman–Crippen MR) is 74.1 cm³/mol. The zero-order chi connectivity index (χ0) is 13.7. The molecule has 1 aromatic carbocycles. The van der Waals surface area contributed by atoms with Gasteiger partial charge in [0.1, 0.15) is 5.75 Å². The molecule has 0 unspecified atom stereocenters. The van der Waals surface area contributed by atoms with Gasteiger partial charge in [-0.3, -0.25) is 0 Å². The zero-order valence-electron chi connectivity index (χ0n) is 11.3. The van der Waals surface area contributed by atoms with Gasteiger partial charge in [0.2, 0.25) is 0 Å². The predicted octanol–water partition coefficient (Wildman–Crippen LogP) is 1.20. The zero-order valence-corrected chi connectivity index (χ0v) is 11.3. The summed E-state index contributed by atoms with van der Waals surface area (Å²) in [6, 6.07) is 9.05. The molecule has 5 heteroatoms. The average molecular weight is 263 g/mol. The third-order valence-electron chi connectivity index (χ3n) is 3.66. The molecule has 1 saturated heterocycles. The lowest BCUT2D eigenvalue weighted by Gasteiger charge is -2.40. The number of carbonyl (C=O) groups excluding carboxylic acids is 1. The quantitative estimate of drug-likeness (QED) is 0.860. The van der Waals surface area contributed by atoms with Crippen LogP contribution in [-0.4, -0.2) is 43.2 Å². The summed E-state index contributed by atoms with van der Waals surface area (Å²) >= 11 is 0. The van der Waals surface area contributed by atoms with Crippen LogP contribution in [-0.2, 0) is 0 Å². The Morgan fingerprint density at radius 1 is 1.37 bits per heavy atom. The van der Waals surface area contributed by atoms with E-state index in [0.29, 0.717) is 12.3 Å². The molecule has 2 rings (SSSR count). The molecule has 104 valence electrons. The van der Waals surface area contributed by atoms with Crippen molar-refractivity contribution in [1.82, 2.24) is 10.2 Å². The van der Waals surface area contributed by atoms with Gasteiger partial charge in [0.05, 0.1) is 5.54 Å². The van der Waals surface area contributed by atoms with Gasteiger partial charge in [0.25, 0.3) is 0 Å². The van der Waals surface area contributed by atoms with Gasteiger partial charge in [0.15, 0.2) is 0 Å². The van der Waals surface area contributed by atoms with Crippen molar-refractivity contribution in [2.45, 2.75) is 18.4 Å². The molecule has 5 nitrogen and oxygen atoms in total. The first kappa shape index (κ1) is 13.8. The lowest BCUT2D eigenvalue weighted by Crippen LogP contribution is -2.59. The Kier molecular flexibility index (Phi) is 4.39. The molecule has 0 aromatic heterocycles. The van der Waals surface area contributed by atoms with Crippen LogP contribution in [0.5, 0.6) is 5.75 Å². The largest absolute Gasteiger partial charge is 0.413 e. The minimum absolute atomic E-state index is 0.335. The van der Waals surface area contributed by atoms with Crippen LogP contribution in [0.3, 0.4) is 0 Å². The van der Waals surface area contributed by atoms with Crippen LogP contribution in [0.2, 0.25) is 0 Å². The summed E-state index contributed by atoms with van der Waals surface area (Å²) in [7, 11) is 2.07. The molecule has 3 N–H and O–H groups in total. The fraction of sp³-hybridized carbons (Fsp3) is 0.500. The van der Waals surface area contributed by atoms with E-state index in [-0.39, 0.29) is 5.54 Å². The van der Waals surface area contributed by atoms with E-state index >= 15 is 0 Å². The van der Waals surface area contributed by atoms with Crippen molar-refractivity contribution in [1.29, 1.82) is 0 Å². The Hall–Kier alpha value is -1.59. The highest BCUT2D eigenvalue weighted by Crippen LogP contribution is 2.21. The normalized spacial score (nSPS) is 18.8. The van der Waals surface area contributed by atoms with Crippen LogP contribution in [0.15, 0.2) is 30.3 Å². The number of nitrogens with one attached hydrogen (secondary N) is 1. The van der Waals surface area contributed by atoms with E-state index in [1.807, 2.05) is 18.2 Å². The maximum atomic E-state index is 11.9. The molecule has 19 heavy (non-hydrogen) atoms. The fourth-order valence-electron chi connectivity index (χ4n) is 2.26. The molecule has 0 radical (unpaired) electrons. The fourth-order valence-corrected chi connectivity index (χ4v) is 2.26. The average Bonchev–Trinajstić information content (AvgIpc) is 2.43. The number of hydrogen-bond donors (Lipinski definition) is 2. The highest BCUT2D eigenvalue weighted by Gasteiger charge is 2.34. The summed E-state index contributed by atoms with van der Waals surface area (Å²) in [5.74, 6) is 0.542. The highest BCUT2D eigenvalue weighted by atomic mass is 16.6. The Labute approximate surface area is 113 Å². The van der Waals surface area contributed by atoms with Gasteiger partial charge in [-0.15, -0.1) is 0 Å². The van der Waals surface area contributed by atoms with Crippen LogP contribution in [0, 0.1) is 0 Å². The number of nitrogens with zero attached hydrogens (tertiary/aromatic N) is 1. The molecular formula is C14H21N3O2. The lowest BCUT2D eigenvalue weighted by atomic mass is 9.88. The summed E-state index contributed by atoms with van der Waals surface area (Å²) in [6.07, 6.45) is 1.27. The van der Waals surface area contributed by atoms with Crippen LogP contribution in [0.4, 0.5) is 4.79 Å². The molecular weight excluding hydrogens is 242 g/mol. The van der Waals surface area contributed by atoms with Crippen molar-refractivity contribution in [2.75, 3.05) is 26.7 Å². The Balaban J connectivity index is 1.93. The minimum Gasteiger partial charge on any atom is -0.410 e.